The van der Waals surface area contributed by atoms with E-state index in [-0.39, 0.29) is 24.2 Å². The second-order valence-electron chi connectivity index (χ2n) is 7.27. The van der Waals surface area contributed by atoms with E-state index in [2.05, 4.69) is 20.1 Å². The highest BCUT2D eigenvalue weighted by atomic mass is 19.1. The first-order chi connectivity index (χ1) is 14.6. The average Bonchev–Trinajstić information content (AvgIpc) is 3.42. The Balaban J connectivity index is 1.57. The number of anilines is 1. The van der Waals surface area contributed by atoms with Crippen molar-refractivity contribution >= 4 is 11.5 Å². The SMILES string of the molecule is OCc1cnnc(-c2cnc3ccc(N4CCC[C@@H]4c4cc(F)ccc4O)nn23)c1. The number of halogens is 1. The predicted molar refractivity (Wildman–Crippen MR) is 107 cm³/mol. The Kier molecular flexibility index (Phi) is 4.51. The molecule has 1 aromatic carbocycles. The van der Waals surface area contributed by atoms with Gasteiger partial charge in [-0.05, 0) is 54.8 Å². The molecule has 4 heterocycles. The van der Waals surface area contributed by atoms with E-state index in [9.17, 15) is 14.6 Å². The molecule has 1 aliphatic heterocycles. The van der Waals surface area contributed by atoms with Gasteiger partial charge in [-0.25, -0.2) is 13.9 Å². The molecule has 30 heavy (non-hydrogen) atoms. The summed E-state index contributed by atoms with van der Waals surface area (Å²) in [7, 11) is 0. The third-order valence-electron chi connectivity index (χ3n) is 5.40. The maximum absolute atomic E-state index is 13.8. The van der Waals surface area contributed by atoms with Crippen LogP contribution in [0, 0.1) is 5.82 Å². The van der Waals surface area contributed by atoms with Crippen molar-refractivity contribution in [1.29, 1.82) is 0 Å². The molecule has 8 nitrogen and oxygen atoms in total. The number of nitrogens with zero attached hydrogens (tertiary/aromatic N) is 6. The van der Waals surface area contributed by atoms with Crippen LogP contribution in [0.2, 0.25) is 0 Å². The third-order valence-corrected chi connectivity index (χ3v) is 5.40. The lowest BCUT2D eigenvalue weighted by molar-refractivity contribution is 0.281. The number of benzene rings is 1. The number of hydrogen-bond acceptors (Lipinski definition) is 7. The molecule has 1 saturated heterocycles. The number of aliphatic hydroxyl groups excluding tert-OH is 1. The smallest absolute Gasteiger partial charge is 0.154 e. The maximum Gasteiger partial charge on any atom is 0.154 e. The molecular weight excluding hydrogens is 387 g/mol. The summed E-state index contributed by atoms with van der Waals surface area (Å²) in [4.78, 5) is 6.45. The van der Waals surface area contributed by atoms with E-state index in [4.69, 9.17) is 5.10 Å². The van der Waals surface area contributed by atoms with Gasteiger partial charge < -0.3 is 15.1 Å². The Morgan fingerprint density at radius 3 is 2.90 bits per heavy atom. The first-order valence-corrected chi connectivity index (χ1v) is 9.67. The molecular formula is C21H19FN6O2. The van der Waals surface area contributed by atoms with Crippen LogP contribution in [0.25, 0.3) is 17.0 Å². The van der Waals surface area contributed by atoms with E-state index in [1.165, 1.54) is 24.4 Å². The van der Waals surface area contributed by atoms with Gasteiger partial charge in [0, 0.05) is 12.1 Å². The van der Waals surface area contributed by atoms with Crippen LogP contribution in [0.4, 0.5) is 10.2 Å². The Morgan fingerprint density at radius 1 is 1.13 bits per heavy atom. The van der Waals surface area contributed by atoms with Crippen LogP contribution in [-0.4, -0.2) is 41.6 Å². The second kappa shape index (κ2) is 7.34. The molecule has 5 rings (SSSR count). The molecule has 1 aliphatic rings. The lowest BCUT2D eigenvalue weighted by Gasteiger charge is -2.26. The zero-order valence-corrected chi connectivity index (χ0v) is 16.0. The van der Waals surface area contributed by atoms with Crippen LogP contribution in [0.15, 0.2) is 48.8 Å². The van der Waals surface area contributed by atoms with Gasteiger partial charge in [0.15, 0.2) is 5.65 Å². The zero-order valence-electron chi connectivity index (χ0n) is 16.0. The Hall–Kier alpha value is -3.59. The summed E-state index contributed by atoms with van der Waals surface area (Å²) in [5.41, 5.74) is 3.06. The van der Waals surface area contributed by atoms with Crippen molar-refractivity contribution in [1.82, 2.24) is 24.8 Å². The fourth-order valence-electron chi connectivity index (χ4n) is 3.97. The van der Waals surface area contributed by atoms with Crippen LogP contribution >= 0.6 is 0 Å². The second-order valence-corrected chi connectivity index (χ2v) is 7.27. The molecule has 0 radical (unpaired) electrons. The maximum atomic E-state index is 13.8. The molecule has 0 amide bonds. The van der Waals surface area contributed by atoms with Gasteiger partial charge in [-0.1, -0.05) is 0 Å². The van der Waals surface area contributed by atoms with Crippen molar-refractivity contribution in [3.05, 3.63) is 65.7 Å². The molecule has 2 N–H and O–H groups in total. The van der Waals surface area contributed by atoms with Crippen molar-refractivity contribution in [2.75, 3.05) is 11.4 Å². The normalized spacial score (nSPS) is 16.5. The monoisotopic (exact) mass is 406 g/mol. The number of rotatable bonds is 4. The van der Waals surface area contributed by atoms with E-state index in [1.54, 1.807) is 16.8 Å². The number of hydrogen-bond donors (Lipinski definition) is 2. The summed E-state index contributed by atoms with van der Waals surface area (Å²) >= 11 is 0. The fourth-order valence-corrected chi connectivity index (χ4v) is 3.97. The molecule has 9 heteroatoms. The minimum Gasteiger partial charge on any atom is -0.508 e. The van der Waals surface area contributed by atoms with Crippen molar-refractivity contribution in [2.45, 2.75) is 25.5 Å². The number of imidazole rings is 1. The minimum absolute atomic E-state index is 0.0776. The van der Waals surface area contributed by atoms with Gasteiger partial charge in [0.25, 0.3) is 0 Å². The summed E-state index contributed by atoms with van der Waals surface area (Å²) in [5.74, 6) is 0.394. The summed E-state index contributed by atoms with van der Waals surface area (Å²) in [5, 5.41) is 32.5. The molecule has 0 bridgehead atoms. The van der Waals surface area contributed by atoms with Gasteiger partial charge in [0.2, 0.25) is 0 Å². The Morgan fingerprint density at radius 2 is 2.03 bits per heavy atom. The largest absolute Gasteiger partial charge is 0.508 e. The van der Waals surface area contributed by atoms with Crippen molar-refractivity contribution < 1.29 is 14.6 Å². The summed E-state index contributed by atoms with van der Waals surface area (Å²) in [6.07, 6.45) is 4.86. The molecule has 3 aromatic heterocycles. The van der Waals surface area contributed by atoms with Gasteiger partial charge in [-0.3, -0.25) is 0 Å². The Bertz CT molecular complexity index is 1230. The molecule has 0 spiro atoms. The summed E-state index contributed by atoms with van der Waals surface area (Å²) < 4.78 is 15.5. The van der Waals surface area contributed by atoms with Gasteiger partial charge in [0.05, 0.1) is 25.0 Å². The molecule has 152 valence electrons. The van der Waals surface area contributed by atoms with Gasteiger partial charge in [-0.15, -0.1) is 10.2 Å². The van der Waals surface area contributed by atoms with E-state index < -0.39 is 0 Å². The van der Waals surface area contributed by atoms with Crippen LogP contribution < -0.4 is 4.90 Å². The van der Waals surface area contributed by atoms with E-state index in [1.807, 2.05) is 12.1 Å². The predicted octanol–water partition coefficient (Wildman–Crippen LogP) is 2.86. The zero-order chi connectivity index (χ0) is 20.7. The van der Waals surface area contributed by atoms with Gasteiger partial charge in [0.1, 0.15) is 28.8 Å². The first kappa shape index (κ1) is 18.4. The molecule has 1 fully saturated rings. The van der Waals surface area contributed by atoms with Crippen molar-refractivity contribution in [3.8, 4) is 17.1 Å². The highest BCUT2D eigenvalue weighted by Gasteiger charge is 2.30. The van der Waals surface area contributed by atoms with Crippen LogP contribution in [-0.2, 0) is 6.61 Å². The molecule has 1 atom stereocenters. The quantitative estimate of drug-likeness (QED) is 0.538. The standard InChI is InChI=1S/C21H19FN6O2/c22-14-3-4-19(30)15(9-14)17-2-1-7-27(17)21-6-5-20-23-11-18(28(20)26-21)16-8-13(12-29)10-24-25-16/h3-6,8-11,17,29-30H,1-2,7,12H2/t17-/m1/s1. The number of phenols is 1. The lowest BCUT2D eigenvalue weighted by Crippen LogP contribution is -2.24. The van der Waals surface area contributed by atoms with Crippen LogP contribution in [0.5, 0.6) is 5.75 Å². The van der Waals surface area contributed by atoms with Crippen LogP contribution in [0.1, 0.15) is 30.0 Å². The van der Waals surface area contributed by atoms with Crippen molar-refractivity contribution in [3.63, 3.8) is 0 Å². The minimum atomic E-state index is -0.378. The van der Waals surface area contributed by atoms with Crippen LogP contribution in [0.3, 0.4) is 0 Å². The van der Waals surface area contributed by atoms with E-state index in [0.29, 0.717) is 34.0 Å². The topological polar surface area (TPSA) is 99.7 Å². The number of aromatic hydroxyl groups is 1. The summed E-state index contributed by atoms with van der Waals surface area (Å²) in [6.45, 7) is 0.605. The highest BCUT2D eigenvalue weighted by molar-refractivity contribution is 5.61. The number of fused-ring (bicyclic) bond motifs is 1. The number of phenolic OH excluding ortho intramolecular Hbond substituents is 1. The fraction of sp³-hybridized carbons (Fsp3) is 0.238. The van der Waals surface area contributed by atoms with Gasteiger partial charge >= 0.3 is 0 Å². The van der Waals surface area contributed by atoms with Gasteiger partial charge in [-0.2, -0.15) is 5.10 Å². The van der Waals surface area contributed by atoms with Crippen molar-refractivity contribution in [2.24, 2.45) is 0 Å². The number of aliphatic hydroxyl groups is 1. The lowest BCUT2D eigenvalue weighted by atomic mass is 10.0. The highest BCUT2D eigenvalue weighted by Crippen LogP contribution is 2.39. The molecule has 0 saturated carbocycles. The Labute approximate surface area is 171 Å². The third kappa shape index (κ3) is 3.13. The number of aromatic nitrogens is 5. The van der Waals surface area contributed by atoms with E-state index >= 15 is 0 Å². The average molecular weight is 406 g/mol. The molecule has 4 aromatic rings. The first-order valence-electron chi connectivity index (χ1n) is 9.67. The molecule has 0 unspecified atom stereocenters. The molecule has 0 aliphatic carbocycles. The van der Waals surface area contributed by atoms with E-state index in [0.717, 1.165) is 19.4 Å². The summed E-state index contributed by atoms with van der Waals surface area (Å²) in [6, 6.07) is 9.33.